The van der Waals surface area contributed by atoms with Crippen molar-refractivity contribution < 1.29 is 38.1 Å². The van der Waals surface area contributed by atoms with Crippen LogP contribution in [0, 0.1) is 5.41 Å². The molecule has 3 rings (SSSR count). The van der Waals surface area contributed by atoms with E-state index in [9.17, 15) is 19.2 Å². The Balaban J connectivity index is 2.15. The van der Waals surface area contributed by atoms with Crippen LogP contribution in [0.3, 0.4) is 0 Å². The van der Waals surface area contributed by atoms with E-state index in [-0.39, 0.29) is 18.8 Å². The number of hydrogen-bond donors (Lipinski definition) is 1. The van der Waals surface area contributed by atoms with Gasteiger partial charge in [0.05, 0.1) is 25.9 Å². The number of fused-ring (bicyclic) bond motifs is 4. The van der Waals surface area contributed by atoms with Crippen molar-refractivity contribution in [2.75, 3.05) is 25.6 Å². The zero-order chi connectivity index (χ0) is 19.8. The highest BCUT2D eigenvalue weighted by Crippen LogP contribution is 2.54. The van der Waals surface area contributed by atoms with Crippen LogP contribution in [0.2, 0.25) is 0 Å². The Morgan fingerprint density at radius 2 is 1.78 bits per heavy atom. The third kappa shape index (κ3) is 2.61. The molecule has 0 saturated carbocycles. The lowest BCUT2D eigenvalue weighted by Crippen LogP contribution is -2.57. The van der Waals surface area contributed by atoms with Crippen molar-refractivity contribution in [1.29, 1.82) is 0 Å². The first kappa shape index (κ1) is 18.7. The molecule has 0 aromatic heterocycles. The molecule has 1 saturated heterocycles. The molecule has 9 nitrogen and oxygen atoms in total. The molecule has 2 aliphatic heterocycles. The number of carbonyl (C=O) groups is 4. The van der Waals surface area contributed by atoms with Crippen LogP contribution in [-0.2, 0) is 33.3 Å². The normalized spacial score (nSPS) is 21.4. The number of nitrogens with one attached hydrogen (secondary N) is 1. The van der Waals surface area contributed by atoms with Gasteiger partial charge in [0, 0.05) is 11.3 Å². The average Bonchev–Trinajstić information content (AvgIpc) is 2.86. The summed E-state index contributed by atoms with van der Waals surface area (Å²) in [4.78, 5) is 49.8. The number of esters is 4. The van der Waals surface area contributed by atoms with Crippen LogP contribution in [0.1, 0.15) is 35.9 Å². The molecule has 2 heterocycles. The van der Waals surface area contributed by atoms with Gasteiger partial charge in [0.2, 0.25) is 5.41 Å². The Labute approximate surface area is 154 Å². The highest BCUT2D eigenvalue weighted by atomic mass is 16.6. The van der Waals surface area contributed by atoms with Crippen molar-refractivity contribution in [3.05, 3.63) is 29.3 Å². The van der Waals surface area contributed by atoms with E-state index in [0.717, 1.165) is 0 Å². The lowest BCUT2D eigenvalue weighted by Gasteiger charge is -2.37. The van der Waals surface area contributed by atoms with Gasteiger partial charge in [0.15, 0.2) is 12.1 Å². The Kier molecular flexibility index (Phi) is 4.77. The van der Waals surface area contributed by atoms with Gasteiger partial charge in [-0.2, -0.15) is 0 Å². The summed E-state index contributed by atoms with van der Waals surface area (Å²) in [6, 6.07) is 3.10. The molecule has 1 N–H and O–H groups in total. The van der Waals surface area contributed by atoms with Gasteiger partial charge in [-0.05, 0) is 26.0 Å². The van der Waals surface area contributed by atoms with Gasteiger partial charge >= 0.3 is 23.9 Å². The largest absolute Gasteiger partial charge is 0.465 e. The van der Waals surface area contributed by atoms with Crippen LogP contribution in [0.5, 0.6) is 0 Å². The topological polar surface area (TPSA) is 117 Å². The van der Waals surface area contributed by atoms with Crippen molar-refractivity contribution in [3.8, 4) is 0 Å². The summed E-state index contributed by atoms with van der Waals surface area (Å²) in [5.41, 5.74) is -0.993. The van der Waals surface area contributed by atoms with E-state index in [1.165, 1.54) is 25.3 Å². The molecule has 1 fully saturated rings. The van der Waals surface area contributed by atoms with E-state index in [4.69, 9.17) is 14.2 Å². The number of rotatable bonds is 5. The Bertz CT molecular complexity index is 800. The number of hydrogen-bond acceptors (Lipinski definition) is 9. The summed E-state index contributed by atoms with van der Waals surface area (Å²) >= 11 is 0. The highest BCUT2D eigenvalue weighted by Gasteiger charge is 2.72. The minimum absolute atomic E-state index is 0.0156. The lowest BCUT2D eigenvalue weighted by atomic mass is 9.71. The molecule has 2 bridgehead atoms. The molecule has 0 spiro atoms. The van der Waals surface area contributed by atoms with Gasteiger partial charge in [-0.25, -0.2) is 9.59 Å². The van der Waals surface area contributed by atoms with Crippen molar-refractivity contribution in [3.63, 3.8) is 0 Å². The van der Waals surface area contributed by atoms with Gasteiger partial charge in [-0.15, -0.1) is 0 Å². The summed E-state index contributed by atoms with van der Waals surface area (Å²) in [6.07, 6.45) is -1.23. The van der Waals surface area contributed by atoms with Crippen molar-refractivity contribution in [2.24, 2.45) is 5.41 Å². The summed E-state index contributed by atoms with van der Waals surface area (Å²) in [7, 11) is 1.25. The summed E-state index contributed by atoms with van der Waals surface area (Å²) in [6.45, 7) is 3.21. The standard InChI is InChI=1S/C18H19NO8/c1-4-25-16(22)18(17(23)26-5-2)12-15(21)27-13(18)10-7-6-9(14(20)24-3)8-11(10)19-12/h6-8,12-13,19H,4-5H2,1-3H3/t12-,13-/m1/s1. The molecule has 1 aromatic rings. The van der Waals surface area contributed by atoms with Gasteiger partial charge in [-0.1, -0.05) is 6.07 Å². The minimum atomic E-state index is -2.00. The van der Waals surface area contributed by atoms with Crippen molar-refractivity contribution in [2.45, 2.75) is 26.0 Å². The molecule has 2 aliphatic rings. The molecule has 144 valence electrons. The predicted octanol–water partition coefficient (Wildman–Crippen LogP) is 0.978. The first-order valence-corrected chi connectivity index (χ1v) is 8.45. The van der Waals surface area contributed by atoms with E-state index in [2.05, 4.69) is 10.1 Å². The van der Waals surface area contributed by atoms with Gasteiger partial charge in [0.1, 0.15) is 0 Å². The second-order valence-corrected chi connectivity index (χ2v) is 6.00. The number of methoxy groups -OCH3 is 1. The number of benzene rings is 1. The van der Waals surface area contributed by atoms with E-state index < -0.39 is 41.4 Å². The first-order valence-electron chi connectivity index (χ1n) is 8.45. The molecule has 9 heteroatoms. The van der Waals surface area contributed by atoms with Gasteiger partial charge in [-0.3, -0.25) is 9.59 Å². The number of anilines is 1. The number of carbonyl (C=O) groups excluding carboxylic acids is 4. The fourth-order valence-corrected chi connectivity index (χ4v) is 3.44. The second-order valence-electron chi connectivity index (χ2n) is 6.00. The predicted molar refractivity (Wildman–Crippen MR) is 89.7 cm³/mol. The van der Waals surface area contributed by atoms with E-state index in [0.29, 0.717) is 11.3 Å². The van der Waals surface area contributed by atoms with Gasteiger partial charge in [0.25, 0.3) is 0 Å². The van der Waals surface area contributed by atoms with Crippen LogP contribution in [-0.4, -0.2) is 50.2 Å². The third-order valence-corrected chi connectivity index (χ3v) is 4.62. The Morgan fingerprint density at radius 1 is 1.15 bits per heavy atom. The first-order chi connectivity index (χ1) is 12.9. The molecule has 0 amide bonds. The maximum Gasteiger partial charge on any atom is 0.337 e. The Hall–Kier alpha value is -3.10. The van der Waals surface area contributed by atoms with Crippen LogP contribution in [0.4, 0.5) is 5.69 Å². The zero-order valence-electron chi connectivity index (χ0n) is 15.1. The summed E-state index contributed by atoms with van der Waals surface area (Å²) in [5, 5.41) is 2.84. The third-order valence-electron chi connectivity index (χ3n) is 4.62. The summed E-state index contributed by atoms with van der Waals surface area (Å²) in [5.74, 6) is -3.15. The maximum atomic E-state index is 12.8. The molecule has 0 radical (unpaired) electrons. The molecular formula is C18H19NO8. The molecular weight excluding hydrogens is 358 g/mol. The second kappa shape index (κ2) is 6.90. The smallest absolute Gasteiger partial charge is 0.337 e. The molecule has 0 unspecified atom stereocenters. The average molecular weight is 377 g/mol. The fraction of sp³-hybridized carbons (Fsp3) is 0.444. The lowest BCUT2D eigenvalue weighted by molar-refractivity contribution is -0.177. The molecule has 0 aliphatic carbocycles. The molecule has 2 atom stereocenters. The van der Waals surface area contributed by atoms with E-state index in [1.54, 1.807) is 13.8 Å². The Morgan fingerprint density at radius 3 is 2.33 bits per heavy atom. The van der Waals surface area contributed by atoms with Gasteiger partial charge < -0.3 is 24.3 Å². The van der Waals surface area contributed by atoms with E-state index >= 15 is 0 Å². The summed E-state index contributed by atoms with van der Waals surface area (Å²) < 4.78 is 20.2. The molecule has 1 aromatic carbocycles. The SMILES string of the molecule is CCOC(=O)C1(C(=O)OCC)[C@@H]2Nc3cc(C(=O)OC)ccc3[C@H]1OC2=O. The highest BCUT2D eigenvalue weighted by molar-refractivity contribution is 6.10. The van der Waals surface area contributed by atoms with Crippen molar-refractivity contribution >= 4 is 29.6 Å². The van der Waals surface area contributed by atoms with E-state index in [1.807, 2.05) is 0 Å². The monoisotopic (exact) mass is 377 g/mol. The van der Waals surface area contributed by atoms with Crippen LogP contribution >= 0.6 is 0 Å². The fourth-order valence-electron chi connectivity index (χ4n) is 3.44. The van der Waals surface area contributed by atoms with Crippen LogP contribution in [0.25, 0.3) is 0 Å². The molecule has 27 heavy (non-hydrogen) atoms. The van der Waals surface area contributed by atoms with Crippen molar-refractivity contribution in [1.82, 2.24) is 0 Å². The zero-order valence-corrected chi connectivity index (χ0v) is 15.1. The number of ether oxygens (including phenoxy) is 4. The maximum absolute atomic E-state index is 12.8. The quantitative estimate of drug-likeness (QED) is 0.455. The van der Waals surface area contributed by atoms with Crippen LogP contribution in [0.15, 0.2) is 18.2 Å². The van der Waals surface area contributed by atoms with Crippen LogP contribution < -0.4 is 5.32 Å². The minimum Gasteiger partial charge on any atom is -0.465 e.